The number of benzene rings is 1. The summed E-state index contributed by atoms with van der Waals surface area (Å²) < 4.78 is 10.4. The summed E-state index contributed by atoms with van der Waals surface area (Å²) in [7, 11) is 0. The highest BCUT2D eigenvalue weighted by Crippen LogP contribution is 2.30. The number of hydrogen-bond donors (Lipinski definition) is 2. The molecule has 156 valence electrons. The Kier molecular flexibility index (Phi) is 7.04. The van der Waals surface area contributed by atoms with E-state index in [0.29, 0.717) is 11.4 Å². The number of carbonyl (C=O) groups excluding carboxylic acids is 4. The number of fused-ring (bicyclic) bond motifs is 1. The molecular formula is C20H25N3O6. The number of imide groups is 1. The molecule has 0 saturated heterocycles. The number of urea groups is 1. The summed E-state index contributed by atoms with van der Waals surface area (Å²) in [5.41, 5.74) is 0.475. The lowest BCUT2D eigenvalue weighted by Gasteiger charge is -2.22. The number of para-hydroxylation sites is 2. The van der Waals surface area contributed by atoms with Crippen molar-refractivity contribution in [3.63, 3.8) is 0 Å². The summed E-state index contributed by atoms with van der Waals surface area (Å²) in [6.45, 7) is -0.724. The van der Waals surface area contributed by atoms with E-state index in [1.807, 2.05) is 0 Å². The van der Waals surface area contributed by atoms with Gasteiger partial charge in [0.15, 0.2) is 6.61 Å². The molecule has 1 aromatic carbocycles. The summed E-state index contributed by atoms with van der Waals surface area (Å²) in [4.78, 5) is 49.4. The van der Waals surface area contributed by atoms with Gasteiger partial charge in [0.25, 0.3) is 5.91 Å². The van der Waals surface area contributed by atoms with E-state index in [-0.39, 0.29) is 31.5 Å². The Morgan fingerprint density at radius 2 is 1.90 bits per heavy atom. The number of hydrogen-bond acceptors (Lipinski definition) is 6. The molecule has 4 amide bonds. The zero-order valence-electron chi connectivity index (χ0n) is 16.1. The molecule has 0 bridgehead atoms. The van der Waals surface area contributed by atoms with Crippen molar-refractivity contribution in [1.82, 2.24) is 10.6 Å². The minimum atomic E-state index is -0.752. The molecule has 1 saturated carbocycles. The first-order chi connectivity index (χ1) is 14.0. The standard InChI is InChI=1S/C20H25N3O6/c24-17(22-20(27)21-14-6-2-1-3-7-14)13-29-19(26)12-23-15-8-4-5-9-16(15)28-11-10-18(23)25/h4-5,8-9,14H,1-3,6-7,10-13H2,(H2,21,22,24,27). The van der Waals surface area contributed by atoms with Crippen LogP contribution >= 0.6 is 0 Å². The molecule has 1 heterocycles. The molecular weight excluding hydrogens is 378 g/mol. The van der Waals surface area contributed by atoms with Gasteiger partial charge in [0.05, 0.1) is 18.7 Å². The molecule has 0 unspecified atom stereocenters. The molecule has 1 aliphatic carbocycles. The zero-order valence-corrected chi connectivity index (χ0v) is 16.1. The van der Waals surface area contributed by atoms with Gasteiger partial charge in [-0.15, -0.1) is 0 Å². The van der Waals surface area contributed by atoms with E-state index in [4.69, 9.17) is 9.47 Å². The normalized spacial score (nSPS) is 16.8. The van der Waals surface area contributed by atoms with Gasteiger partial charge in [-0.25, -0.2) is 4.79 Å². The maximum Gasteiger partial charge on any atom is 0.326 e. The molecule has 0 aromatic heterocycles. The first kappa shape index (κ1) is 20.6. The third kappa shape index (κ3) is 5.94. The highest BCUT2D eigenvalue weighted by molar-refractivity contribution is 6.00. The molecule has 9 heteroatoms. The van der Waals surface area contributed by atoms with Crippen LogP contribution in [-0.2, 0) is 19.1 Å². The first-order valence-electron chi connectivity index (χ1n) is 9.81. The van der Waals surface area contributed by atoms with Crippen LogP contribution in [0.5, 0.6) is 5.75 Å². The van der Waals surface area contributed by atoms with Crippen molar-refractivity contribution in [1.29, 1.82) is 0 Å². The average Bonchev–Trinajstić information content (AvgIpc) is 2.86. The quantitative estimate of drug-likeness (QED) is 0.721. The lowest BCUT2D eigenvalue weighted by molar-refractivity contribution is -0.147. The molecule has 0 spiro atoms. The smallest absolute Gasteiger partial charge is 0.326 e. The van der Waals surface area contributed by atoms with Gasteiger partial charge >= 0.3 is 12.0 Å². The molecule has 0 radical (unpaired) electrons. The van der Waals surface area contributed by atoms with Gasteiger partial charge in [0.2, 0.25) is 5.91 Å². The molecule has 9 nitrogen and oxygen atoms in total. The van der Waals surface area contributed by atoms with Crippen LogP contribution < -0.4 is 20.3 Å². The Morgan fingerprint density at radius 3 is 2.69 bits per heavy atom. The second kappa shape index (κ2) is 9.90. The number of nitrogens with one attached hydrogen (secondary N) is 2. The van der Waals surface area contributed by atoms with Crippen molar-refractivity contribution < 1.29 is 28.7 Å². The number of nitrogens with zero attached hydrogens (tertiary/aromatic N) is 1. The number of amides is 4. The number of anilines is 1. The Hall–Kier alpha value is -3.10. The van der Waals surface area contributed by atoms with Gasteiger partial charge in [0.1, 0.15) is 12.3 Å². The Bertz CT molecular complexity index is 775. The van der Waals surface area contributed by atoms with E-state index in [2.05, 4.69) is 10.6 Å². The van der Waals surface area contributed by atoms with E-state index in [1.54, 1.807) is 24.3 Å². The number of rotatable bonds is 5. The predicted molar refractivity (Wildman–Crippen MR) is 103 cm³/mol. The molecule has 0 atom stereocenters. The third-order valence-electron chi connectivity index (χ3n) is 4.88. The fraction of sp³-hybridized carbons (Fsp3) is 0.500. The van der Waals surface area contributed by atoms with Crippen LogP contribution in [0.25, 0.3) is 0 Å². The maximum absolute atomic E-state index is 12.3. The Labute approximate surface area is 168 Å². The van der Waals surface area contributed by atoms with Gasteiger partial charge in [-0.3, -0.25) is 24.6 Å². The molecule has 1 aromatic rings. The second-order valence-corrected chi connectivity index (χ2v) is 7.06. The molecule has 2 N–H and O–H groups in total. The lowest BCUT2D eigenvalue weighted by Crippen LogP contribution is -2.46. The van der Waals surface area contributed by atoms with Crippen LogP contribution in [0.3, 0.4) is 0 Å². The minimum Gasteiger partial charge on any atom is -0.491 e. The van der Waals surface area contributed by atoms with Crippen molar-refractivity contribution >= 4 is 29.5 Å². The maximum atomic E-state index is 12.3. The summed E-state index contributed by atoms with van der Waals surface area (Å²) in [5.74, 6) is -1.25. The van der Waals surface area contributed by atoms with E-state index in [1.165, 1.54) is 4.90 Å². The third-order valence-corrected chi connectivity index (χ3v) is 4.88. The van der Waals surface area contributed by atoms with Crippen molar-refractivity contribution in [3.05, 3.63) is 24.3 Å². The molecule has 29 heavy (non-hydrogen) atoms. The van der Waals surface area contributed by atoms with Gasteiger partial charge in [0, 0.05) is 6.04 Å². The summed E-state index contributed by atoms with van der Waals surface area (Å²) in [6, 6.07) is 6.37. The van der Waals surface area contributed by atoms with E-state index >= 15 is 0 Å². The SMILES string of the molecule is O=C(COC(=O)CN1C(=O)CCOc2ccccc21)NC(=O)NC1CCCCC1. The minimum absolute atomic E-state index is 0.0652. The van der Waals surface area contributed by atoms with Gasteiger partial charge in [-0.2, -0.15) is 0 Å². The summed E-state index contributed by atoms with van der Waals surface area (Å²) in [5, 5.41) is 4.90. The topological polar surface area (TPSA) is 114 Å². The van der Waals surface area contributed by atoms with Crippen LogP contribution in [0.4, 0.5) is 10.5 Å². The largest absolute Gasteiger partial charge is 0.491 e. The highest BCUT2D eigenvalue weighted by atomic mass is 16.5. The van der Waals surface area contributed by atoms with E-state index < -0.39 is 24.5 Å². The van der Waals surface area contributed by atoms with Crippen molar-refractivity contribution in [2.75, 3.05) is 24.7 Å². The van der Waals surface area contributed by atoms with Crippen LogP contribution in [0, 0.1) is 0 Å². The van der Waals surface area contributed by atoms with Gasteiger partial charge in [-0.1, -0.05) is 31.4 Å². The summed E-state index contributed by atoms with van der Waals surface area (Å²) >= 11 is 0. The zero-order chi connectivity index (χ0) is 20.6. The highest BCUT2D eigenvalue weighted by Gasteiger charge is 2.26. The van der Waals surface area contributed by atoms with Crippen LogP contribution in [0.1, 0.15) is 38.5 Å². The van der Waals surface area contributed by atoms with Gasteiger partial charge < -0.3 is 14.8 Å². The van der Waals surface area contributed by atoms with Crippen LogP contribution in [0.2, 0.25) is 0 Å². The molecule has 2 aliphatic rings. The number of ether oxygens (including phenoxy) is 2. The van der Waals surface area contributed by atoms with Crippen LogP contribution in [-0.4, -0.2) is 49.6 Å². The van der Waals surface area contributed by atoms with E-state index in [0.717, 1.165) is 32.1 Å². The van der Waals surface area contributed by atoms with Crippen molar-refractivity contribution in [2.45, 2.75) is 44.6 Å². The second-order valence-electron chi connectivity index (χ2n) is 7.06. The van der Waals surface area contributed by atoms with Crippen molar-refractivity contribution in [3.8, 4) is 5.75 Å². The number of carbonyl (C=O) groups is 4. The van der Waals surface area contributed by atoms with Crippen LogP contribution in [0.15, 0.2) is 24.3 Å². The van der Waals surface area contributed by atoms with Gasteiger partial charge in [-0.05, 0) is 25.0 Å². The molecule has 1 fully saturated rings. The number of esters is 1. The van der Waals surface area contributed by atoms with E-state index in [9.17, 15) is 19.2 Å². The molecule has 1 aliphatic heterocycles. The predicted octanol–water partition coefficient (Wildman–Crippen LogP) is 1.50. The lowest BCUT2D eigenvalue weighted by atomic mass is 9.96. The fourth-order valence-electron chi connectivity index (χ4n) is 3.45. The Balaban J connectivity index is 1.46. The Morgan fingerprint density at radius 1 is 1.14 bits per heavy atom. The monoisotopic (exact) mass is 403 g/mol. The van der Waals surface area contributed by atoms with Crippen molar-refractivity contribution in [2.24, 2.45) is 0 Å². The molecule has 3 rings (SSSR count). The summed E-state index contributed by atoms with van der Waals surface area (Å²) in [6.07, 6.45) is 5.19. The average molecular weight is 403 g/mol. The first-order valence-corrected chi connectivity index (χ1v) is 9.81. The fourth-order valence-corrected chi connectivity index (χ4v) is 3.45.